The zero-order chi connectivity index (χ0) is 17.9. The van der Waals surface area contributed by atoms with Crippen LogP contribution < -0.4 is 0 Å². The topological polar surface area (TPSA) is 75.4 Å². The maximum atomic E-state index is 12.5. The number of piperidine rings is 1. The zero-order valence-corrected chi connectivity index (χ0v) is 15.2. The molecule has 2 aliphatic heterocycles. The fourth-order valence-electron chi connectivity index (χ4n) is 4.02. The van der Waals surface area contributed by atoms with Gasteiger partial charge in [0.1, 0.15) is 6.33 Å². The van der Waals surface area contributed by atoms with Gasteiger partial charge in [0.15, 0.2) is 5.76 Å². The first kappa shape index (κ1) is 17.1. The minimum atomic E-state index is 0.261. The molecule has 2 saturated heterocycles. The molecule has 7 heteroatoms. The third-order valence-electron chi connectivity index (χ3n) is 5.35. The molecule has 0 saturated carbocycles. The maximum Gasteiger partial charge on any atom is 0.236 e. The molecule has 26 heavy (non-hydrogen) atoms. The van der Waals surface area contributed by atoms with Crippen LogP contribution in [0.2, 0.25) is 0 Å². The number of hydrogen-bond acceptors (Lipinski definition) is 6. The van der Waals surface area contributed by atoms with Gasteiger partial charge in [0, 0.05) is 37.8 Å². The van der Waals surface area contributed by atoms with Gasteiger partial charge in [0.25, 0.3) is 0 Å². The predicted octanol–water partition coefficient (Wildman–Crippen LogP) is 2.24. The van der Waals surface area contributed by atoms with Gasteiger partial charge in [-0.3, -0.25) is 9.69 Å². The summed E-state index contributed by atoms with van der Waals surface area (Å²) in [7, 11) is 0. The van der Waals surface area contributed by atoms with E-state index in [1.165, 1.54) is 0 Å². The van der Waals surface area contributed by atoms with Crippen LogP contribution in [0.15, 0.2) is 23.1 Å². The van der Waals surface area contributed by atoms with Crippen molar-refractivity contribution < 1.29 is 9.32 Å². The Hall–Kier alpha value is -2.28. The van der Waals surface area contributed by atoms with Gasteiger partial charge in [-0.15, -0.1) is 0 Å². The van der Waals surface area contributed by atoms with E-state index in [2.05, 4.69) is 20.0 Å². The van der Waals surface area contributed by atoms with E-state index in [-0.39, 0.29) is 11.8 Å². The number of nitrogens with zero attached hydrogens (tertiary/aromatic N) is 5. The summed E-state index contributed by atoms with van der Waals surface area (Å²) in [5.74, 6) is 1.25. The average molecular weight is 355 g/mol. The molecule has 0 spiro atoms. The Morgan fingerprint density at radius 1 is 1.27 bits per heavy atom. The SMILES string of the molecule is Cc1cc(-c2cncnc2[C@@H]2CCCN(CC(=O)N3CCCC3)C2)on1. The van der Waals surface area contributed by atoms with E-state index < -0.39 is 0 Å². The monoisotopic (exact) mass is 355 g/mol. The lowest BCUT2D eigenvalue weighted by Gasteiger charge is -2.33. The Bertz CT molecular complexity index is 769. The molecule has 1 amide bonds. The van der Waals surface area contributed by atoms with Crippen molar-refractivity contribution in [1.82, 2.24) is 24.9 Å². The summed E-state index contributed by atoms with van der Waals surface area (Å²) in [6.45, 7) is 6.06. The molecule has 138 valence electrons. The molecule has 2 aliphatic rings. The fraction of sp³-hybridized carbons (Fsp3) is 0.579. The van der Waals surface area contributed by atoms with E-state index in [4.69, 9.17) is 4.52 Å². The van der Waals surface area contributed by atoms with Crippen LogP contribution in [0.25, 0.3) is 11.3 Å². The van der Waals surface area contributed by atoms with E-state index in [0.29, 0.717) is 12.3 Å². The van der Waals surface area contributed by atoms with E-state index in [1.54, 1.807) is 12.5 Å². The molecule has 0 bridgehead atoms. The lowest BCUT2D eigenvalue weighted by Crippen LogP contribution is -2.43. The fourth-order valence-corrected chi connectivity index (χ4v) is 4.02. The minimum Gasteiger partial charge on any atom is -0.356 e. The van der Waals surface area contributed by atoms with Crippen LogP contribution in [0.3, 0.4) is 0 Å². The van der Waals surface area contributed by atoms with Crippen molar-refractivity contribution in [2.24, 2.45) is 0 Å². The lowest BCUT2D eigenvalue weighted by molar-refractivity contribution is -0.131. The highest BCUT2D eigenvalue weighted by atomic mass is 16.5. The van der Waals surface area contributed by atoms with E-state index in [9.17, 15) is 4.79 Å². The summed E-state index contributed by atoms with van der Waals surface area (Å²) < 4.78 is 5.44. The largest absolute Gasteiger partial charge is 0.356 e. The Labute approximate surface area is 153 Å². The van der Waals surface area contributed by atoms with Crippen molar-refractivity contribution in [3.05, 3.63) is 30.0 Å². The third-order valence-corrected chi connectivity index (χ3v) is 5.35. The Morgan fingerprint density at radius 3 is 2.88 bits per heavy atom. The number of likely N-dealkylation sites (tertiary alicyclic amines) is 2. The number of carbonyl (C=O) groups excluding carboxylic acids is 1. The molecule has 4 heterocycles. The van der Waals surface area contributed by atoms with Gasteiger partial charge in [-0.1, -0.05) is 5.16 Å². The Kier molecular flexibility index (Phi) is 4.97. The predicted molar refractivity (Wildman–Crippen MR) is 96.5 cm³/mol. The highest BCUT2D eigenvalue weighted by Crippen LogP contribution is 2.32. The molecule has 1 atom stereocenters. The standard InChI is InChI=1S/C19H25N5O2/c1-14-9-17(26-22-14)16-10-20-13-21-19(16)15-5-4-6-23(11-15)12-18(25)24-7-2-3-8-24/h9-10,13,15H,2-8,11-12H2,1H3/t15-/m1/s1. The van der Waals surface area contributed by atoms with Gasteiger partial charge >= 0.3 is 0 Å². The number of carbonyl (C=O) groups is 1. The lowest BCUT2D eigenvalue weighted by atomic mass is 9.91. The van der Waals surface area contributed by atoms with Crippen molar-refractivity contribution in [3.63, 3.8) is 0 Å². The molecule has 2 aromatic rings. The van der Waals surface area contributed by atoms with Crippen molar-refractivity contribution >= 4 is 5.91 Å². The van der Waals surface area contributed by atoms with Crippen LogP contribution in [0.4, 0.5) is 0 Å². The summed E-state index contributed by atoms with van der Waals surface area (Å²) in [4.78, 5) is 25.5. The summed E-state index contributed by atoms with van der Waals surface area (Å²) >= 11 is 0. The molecule has 7 nitrogen and oxygen atoms in total. The van der Waals surface area contributed by atoms with Crippen LogP contribution >= 0.6 is 0 Å². The highest BCUT2D eigenvalue weighted by molar-refractivity contribution is 5.78. The van der Waals surface area contributed by atoms with Gasteiger partial charge in [0.2, 0.25) is 5.91 Å². The maximum absolute atomic E-state index is 12.5. The molecule has 0 aromatic carbocycles. The summed E-state index contributed by atoms with van der Waals surface area (Å²) in [5, 5.41) is 3.99. The van der Waals surface area contributed by atoms with Crippen LogP contribution in [0.1, 0.15) is 43.0 Å². The molecule has 4 rings (SSSR count). The highest BCUT2D eigenvalue weighted by Gasteiger charge is 2.28. The summed E-state index contributed by atoms with van der Waals surface area (Å²) in [5.41, 5.74) is 2.75. The first-order valence-electron chi connectivity index (χ1n) is 9.44. The van der Waals surface area contributed by atoms with Crippen LogP contribution in [0, 0.1) is 6.92 Å². The first-order chi connectivity index (χ1) is 12.7. The number of aryl methyl sites for hydroxylation is 1. The van der Waals surface area contributed by atoms with Gasteiger partial charge in [-0.2, -0.15) is 0 Å². The van der Waals surface area contributed by atoms with E-state index >= 15 is 0 Å². The van der Waals surface area contributed by atoms with Crippen molar-refractivity contribution in [2.45, 2.75) is 38.5 Å². The first-order valence-corrected chi connectivity index (χ1v) is 9.44. The minimum absolute atomic E-state index is 0.261. The molecule has 0 radical (unpaired) electrons. The number of aromatic nitrogens is 3. The molecular weight excluding hydrogens is 330 g/mol. The molecule has 2 fully saturated rings. The smallest absolute Gasteiger partial charge is 0.236 e. The number of rotatable bonds is 4. The van der Waals surface area contributed by atoms with Crippen LogP contribution in [-0.2, 0) is 4.79 Å². The molecule has 0 N–H and O–H groups in total. The van der Waals surface area contributed by atoms with Gasteiger partial charge < -0.3 is 9.42 Å². The van der Waals surface area contributed by atoms with Gasteiger partial charge in [0.05, 0.1) is 23.5 Å². The van der Waals surface area contributed by atoms with Crippen LogP contribution in [-0.4, -0.2) is 63.6 Å². The quantitative estimate of drug-likeness (QED) is 0.837. The molecule has 2 aromatic heterocycles. The van der Waals surface area contributed by atoms with Crippen molar-refractivity contribution in [2.75, 3.05) is 32.7 Å². The second kappa shape index (κ2) is 7.53. The summed E-state index contributed by atoms with van der Waals surface area (Å²) in [6, 6.07) is 1.92. The summed E-state index contributed by atoms with van der Waals surface area (Å²) in [6.07, 6.45) is 7.79. The molecule has 0 aliphatic carbocycles. The second-order valence-corrected chi connectivity index (χ2v) is 7.32. The van der Waals surface area contributed by atoms with E-state index in [0.717, 1.165) is 68.8 Å². The van der Waals surface area contributed by atoms with Crippen molar-refractivity contribution in [3.8, 4) is 11.3 Å². The Balaban J connectivity index is 1.49. The molecular formula is C19H25N5O2. The number of hydrogen-bond donors (Lipinski definition) is 0. The number of amides is 1. The average Bonchev–Trinajstić information content (AvgIpc) is 3.34. The Morgan fingerprint density at radius 2 is 2.12 bits per heavy atom. The molecule has 0 unspecified atom stereocenters. The zero-order valence-electron chi connectivity index (χ0n) is 15.2. The van der Waals surface area contributed by atoms with E-state index in [1.807, 2.05) is 17.9 Å². The normalized spacial score (nSPS) is 21.3. The van der Waals surface area contributed by atoms with Gasteiger partial charge in [-0.05, 0) is 39.2 Å². The third kappa shape index (κ3) is 3.62. The second-order valence-electron chi connectivity index (χ2n) is 7.32. The van der Waals surface area contributed by atoms with Crippen LogP contribution in [0.5, 0.6) is 0 Å². The van der Waals surface area contributed by atoms with Gasteiger partial charge in [-0.25, -0.2) is 9.97 Å². The van der Waals surface area contributed by atoms with Crippen molar-refractivity contribution in [1.29, 1.82) is 0 Å².